The van der Waals surface area contributed by atoms with Crippen LogP contribution >= 0.6 is 9.47 Å². The van der Waals surface area contributed by atoms with E-state index in [0.717, 1.165) is 11.3 Å². The highest BCUT2D eigenvalue weighted by Gasteiger charge is 2.59. The number of pyridine rings is 1. The second-order valence-electron chi connectivity index (χ2n) is 7.03. The van der Waals surface area contributed by atoms with Gasteiger partial charge in [0.1, 0.15) is 5.70 Å². The van der Waals surface area contributed by atoms with Crippen molar-refractivity contribution in [3.05, 3.63) is 41.4 Å². The zero-order valence-corrected chi connectivity index (χ0v) is 16.3. The van der Waals surface area contributed by atoms with Crippen LogP contribution < -0.4 is 0 Å². The summed E-state index contributed by atoms with van der Waals surface area (Å²) in [4.78, 5) is 32.7. The van der Waals surface area contributed by atoms with Crippen LogP contribution in [0.5, 0.6) is 0 Å². The van der Waals surface area contributed by atoms with Gasteiger partial charge >= 0.3 is 5.97 Å². The number of nitrogens with zero attached hydrogens (tertiary/aromatic N) is 3. The fourth-order valence-corrected chi connectivity index (χ4v) is 4.12. The van der Waals surface area contributed by atoms with Crippen LogP contribution in [0.2, 0.25) is 0 Å². The van der Waals surface area contributed by atoms with Gasteiger partial charge in [-0.15, -0.1) is 0 Å². The smallest absolute Gasteiger partial charge is 0.357 e. The molecule has 2 aliphatic rings. The van der Waals surface area contributed by atoms with Gasteiger partial charge in [0.05, 0.1) is 33.2 Å². The first-order valence-corrected chi connectivity index (χ1v) is 9.07. The minimum atomic E-state index is -0.745. The predicted octanol–water partition coefficient (Wildman–Crippen LogP) is 0.958. The summed E-state index contributed by atoms with van der Waals surface area (Å²) < 4.78 is 4.84. The molecule has 1 aromatic heterocycles. The average molecular weight is 377 g/mol. The van der Waals surface area contributed by atoms with Gasteiger partial charge < -0.3 is 14.5 Å². The van der Waals surface area contributed by atoms with E-state index in [0.29, 0.717) is 18.8 Å². The van der Waals surface area contributed by atoms with E-state index in [9.17, 15) is 14.7 Å². The highest BCUT2D eigenvalue weighted by atomic mass is 31.0. The molecule has 0 radical (unpaired) electrons. The van der Waals surface area contributed by atoms with E-state index >= 15 is 0 Å². The van der Waals surface area contributed by atoms with Gasteiger partial charge in [-0.2, -0.15) is 0 Å². The zero-order valence-electron chi connectivity index (χ0n) is 15.1. The van der Waals surface area contributed by atoms with Crippen LogP contribution in [-0.4, -0.2) is 57.5 Å². The number of rotatable bonds is 6. The van der Waals surface area contributed by atoms with Gasteiger partial charge in [0.15, 0.2) is 0 Å². The third kappa shape index (κ3) is 3.15. The maximum Gasteiger partial charge on any atom is 0.357 e. The minimum absolute atomic E-state index is 0.0300. The monoisotopic (exact) mass is 377 g/mol. The van der Waals surface area contributed by atoms with Crippen molar-refractivity contribution in [3.8, 4) is 0 Å². The van der Waals surface area contributed by atoms with Crippen molar-refractivity contribution in [2.75, 3.05) is 13.6 Å². The first kappa shape index (κ1) is 19.0. The maximum atomic E-state index is 12.5. The number of aliphatic hydroxyl groups excluding tert-OH is 1. The quantitative estimate of drug-likeness (QED) is 0.587. The van der Waals surface area contributed by atoms with Crippen LogP contribution in [0.3, 0.4) is 0 Å². The summed E-state index contributed by atoms with van der Waals surface area (Å²) in [5.74, 6) is -1.26. The molecular formula is C18H24N3O4P. The van der Waals surface area contributed by atoms with Gasteiger partial charge in [-0.05, 0) is 31.7 Å². The standard InChI is InChI=1S/C18H24N3O4P/c1-10-13(9-20(3)8-12-6-4-5-7-19-12)16(18(24)25-26)21-15(10)14(11(2)22)17(21)23/h4-7,10-11,14-15,22H,8-9,26H2,1-3H3/t10-,11+,14+,15+/m0/s1. The fraction of sp³-hybridized carbons (Fsp3) is 0.500. The van der Waals surface area contributed by atoms with Gasteiger partial charge in [0.2, 0.25) is 5.91 Å². The molecular weight excluding hydrogens is 353 g/mol. The minimum Gasteiger partial charge on any atom is -0.447 e. The van der Waals surface area contributed by atoms with Crippen molar-refractivity contribution in [3.63, 3.8) is 0 Å². The normalized spacial score (nSPS) is 26.0. The van der Waals surface area contributed by atoms with Gasteiger partial charge in [-0.1, -0.05) is 13.0 Å². The fourth-order valence-electron chi connectivity index (χ4n) is 4.01. The second-order valence-corrected chi connectivity index (χ2v) is 7.26. The van der Waals surface area contributed by atoms with Crippen molar-refractivity contribution in [2.24, 2.45) is 11.8 Å². The van der Waals surface area contributed by atoms with E-state index in [1.165, 1.54) is 4.90 Å². The van der Waals surface area contributed by atoms with Gasteiger partial charge in [-0.3, -0.25) is 14.7 Å². The SMILES string of the molecule is C[C@@H](O)[C@H]1C(=O)N2C(C(=O)OP)=C(CN(C)Cc3ccccn3)[C@H](C)[C@H]12. The van der Waals surface area contributed by atoms with Crippen molar-refractivity contribution in [1.29, 1.82) is 0 Å². The van der Waals surface area contributed by atoms with Crippen LogP contribution in [0, 0.1) is 11.8 Å². The summed E-state index contributed by atoms with van der Waals surface area (Å²) in [6, 6.07) is 5.55. The zero-order chi connectivity index (χ0) is 19.0. The van der Waals surface area contributed by atoms with Crippen LogP contribution in [0.15, 0.2) is 35.7 Å². The van der Waals surface area contributed by atoms with Crippen LogP contribution in [0.1, 0.15) is 19.5 Å². The summed E-state index contributed by atoms with van der Waals surface area (Å²) in [6.45, 7) is 4.75. The predicted molar refractivity (Wildman–Crippen MR) is 98.4 cm³/mol. The first-order valence-electron chi connectivity index (χ1n) is 8.60. The number of fused-ring (bicyclic) bond motifs is 1. The topological polar surface area (TPSA) is 83.0 Å². The van der Waals surface area contributed by atoms with Crippen LogP contribution in [0.4, 0.5) is 0 Å². The highest BCUT2D eigenvalue weighted by molar-refractivity contribution is 7.10. The maximum absolute atomic E-state index is 12.5. The van der Waals surface area contributed by atoms with E-state index in [1.807, 2.05) is 41.6 Å². The van der Waals surface area contributed by atoms with E-state index in [1.54, 1.807) is 13.1 Å². The lowest BCUT2D eigenvalue weighted by Gasteiger charge is -2.46. The molecule has 3 heterocycles. The molecule has 1 amide bonds. The molecule has 3 rings (SSSR count). The van der Waals surface area contributed by atoms with Crippen molar-refractivity contribution >= 4 is 21.3 Å². The Morgan fingerprint density at radius 2 is 2.19 bits per heavy atom. The summed E-state index contributed by atoms with van der Waals surface area (Å²) in [7, 11) is 3.89. The van der Waals surface area contributed by atoms with Crippen molar-refractivity contribution < 1.29 is 19.2 Å². The molecule has 0 saturated carbocycles. The van der Waals surface area contributed by atoms with Crippen LogP contribution in [-0.2, 0) is 20.7 Å². The Kier molecular flexibility index (Phi) is 5.42. The number of hydrogen-bond donors (Lipinski definition) is 1. The third-order valence-corrected chi connectivity index (χ3v) is 5.43. The number of carbonyl (C=O) groups is 2. The number of likely N-dealkylation sites (N-methyl/N-ethyl adjacent to an activating group) is 1. The lowest BCUT2D eigenvalue weighted by atomic mass is 9.77. The summed E-state index contributed by atoms with van der Waals surface area (Å²) in [6.07, 6.45) is 1.00. The number of hydrogen-bond acceptors (Lipinski definition) is 6. The molecule has 1 saturated heterocycles. The number of β-lactam (4-membered cyclic amide) rings is 1. The molecule has 1 unspecified atom stereocenters. The number of aromatic nitrogens is 1. The lowest BCUT2D eigenvalue weighted by molar-refractivity contribution is -0.162. The van der Waals surface area contributed by atoms with E-state index in [4.69, 9.17) is 4.52 Å². The number of carbonyl (C=O) groups excluding carboxylic acids is 2. The summed E-state index contributed by atoms with van der Waals surface area (Å²) in [5, 5.41) is 9.95. The molecule has 5 atom stereocenters. The third-order valence-electron chi connectivity index (χ3n) is 5.21. The molecule has 0 aliphatic carbocycles. The second kappa shape index (κ2) is 7.43. The Hall–Kier alpha value is -1.82. The van der Waals surface area contributed by atoms with Gasteiger partial charge in [0.25, 0.3) is 0 Å². The van der Waals surface area contributed by atoms with E-state index < -0.39 is 18.0 Å². The van der Waals surface area contributed by atoms with Crippen molar-refractivity contribution in [2.45, 2.75) is 32.5 Å². The van der Waals surface area contributed by atoms with Crippen LogP contribution in [0.25, 0.3) is 0 Å². The molecule has 0 bridgehead atoms. The average Bonchev–Trinajstić information content (AvgIpc) is 2.84. The molecule has 7 nitrogen and oxygen atoms in total. The Labute approximate surface area is 155 Å². The van der Waals surface area contributed by atoms with Crippen molar-refractivity contribution in [1.82, 2.24) is 14.8 Å². The molecule has 140 valence electrons. The molecule has 0 spiro atoms. The summed E-state index contributed by atoms with van der Waals surface area (Å²) >= 11 is 0. The molecule has 26 heavy (non-hydrogen) atoms. The Morgan fingerprint density at radius 1 is 1.46 bits per heavy atom. The Bertz CT molecular complexity index is 737. The van der Waals surface area contributed by atoms with Gasteiger partial charge in [0, 0.05) is 25.2 Å². The molecule has 8 heteroatoms. The first-order chi connectivity index (χ1) is 12.4. The Balaban J connectivity index is 1.84. The lowest BCUT2D eigenvalue weighted by Crippen LogP contribution is -2.63. The highest BCUT2D eigenvalue weighted by Crippen LogP contribution is 2.47. The number of aliphatic hydroxyl groups is 1. The molecule has 1 aromatic rings. The number of amides is 1. The van der Waals surface area contributed by atoms with E-state index in [-0.39, 0.29) is 17.9 Å². The largest absolute Gasteiger partial charge is 0.447 e. The summed E-state index contributed by atoms with van der Waals surface area (Å²) in [5.41, 5.74) is 2.10. The molecule has 1 N–H and O–H groups in total. The Morgan fingerprint density at radius 3 is 2.77 bits per heavy atom. The molecule has 0 aromatic carbocycles. The van der Waals surface area contributed by atoms with E-state index in [2.05, 4.69) is 9.88 Å². The molecule has 2 aliphatic heterocycles. The van der Waals surface area contributed by atoms with Gasteiger partial charge in [-0.25, -0.2) is 4.79 Å². The molecule has 1 fully saturated rings.